The topological polar surface area (TPSA) is 18.5 Å². The molecule has 2 aliphatic rings. The fourth-order valence-corrected chi connectivity index (χ4v) is 6.42. The Hall–Kier alpha value is -5.02. The number of aryl methyl sites for hydroxylation is 2. The van der Waals surface area contributed by atoms with E-state index in [1.165, 1.54) is 38.8 Å². The standard InChI is InChI=1S/C38H27BO2/c1-24-10-6-8-14-30(24)28-17-19-34-33(20-28)39-32-18-16-27(26-12-4-3-5-13-26)21-35(32)41-37-23-29(22-36(40-34)38(37)39)31-15-9-7-11-25(31)2/h3-23H,1-2H3. The van der Waals surface area contributed by atoms with Crippen molar-refractivity contribution in [2.45, 2.75) is 13.8 Å². The van der Waals surface area contributed by atoms with E-state index < -0.39 is 0 Å². The van der Waals surface area contributed by atoms with Crippen LogP contribution in [-0.2, 0) is 0 Å². The van der Waals surface area contributed by atoms with Crippen molar-refractivity contribution in [2.24, 2.45) is 0 Å². The number of hydrogen-bond acceptors (Lipinski definition) is 2. The number of benzene rings is 6. The van der Waals surface area contributed by atoms with Crippen LogP contribution in [0.3, 0.4) is 0 Å². The molecule has 0 amide bonds. The first-order chi connectivity index (χ1) is 20.1. The summed E-state index contributed by atoms with van der Waals surface area (Å²) in [6.45, 7) is 4.32. The largest absolute Gasteiger partial charge is 0.458 e. The number of rotatable bonds is 3. The van der Waals surface area contributed by atoms with E-state index in [1.807, 2.05) is 6.07 Å². The highest BCUT2D eigenvalue weighted by Crippen LogP contribution is 2.40. The molecular weight excluding hydrogens is 499 g/mol. The van der Waals surface area contributed by atoms with E-state index in [0.717, 1.165) is 45.1 Å². The van der Waals surface area contributed by atoms with Crippen molar-refractivity contribution < 1.29 is 9.47 Å². The van der Waals surface area contributed by atoms with Gasteiger partial charge >= 0.3 is 0 Å². The Bertz CT molecular complexity index is 1980. The molecule has 0 unspecified atom stereocenters. The van der Waals surface area contributed by atoms with Gasteiger partial charge in [-0.2, -0.15) is 0 Å². The fraction of sp³-hybridized carbons (Fsp3) is 0.0526. The average Bonchev–Trinajstić information content (AvgIpc) is 3.01. The lowest BCUT2D eigenvalue weighted by Gasteiger charge is -2.34. The Labute approximate surface area is 240 Å². The summed E-state index contributed by atoms with van der Waals surface area (Å²) >= 11 is 0. The van der Waals surface area contributed by atoms with E-state index in [-0.39, 0.29) is 6.71 Å². The van der Waals surface area contributed by atoms with Crippen LogP contribution < -0.4 is 25.9 Å². The van der Waals surface area contributed by atoms with Gasteiger partial charge in [-0.3, -0.25) is 0 Å². The normalized spacial score (nSPS) is 12.5. The molecule has 194 valence electrons. The van der Waals surface area contributed by atoms with Gasteiger partial charge in [0.1, 0.15) is 23.0 Å². The predicted octanol–water partition coefficient (Wildman–Crippen LogP) is 8.03. The van der Waals surface area contributed by atoms with Gasteiger partial charge in [-0.1, -0.05) is 103 Å². The second-order valence-corrected chi connectivity index (χ2v) is 11.0. The van der Waals surface area contributed by atoms with Crippen molar-refractivity contribution in [2.75, 3.05) is 0 Å². The van der Waals surface area contributed by atoms with Crippen molar-refractivity contribution >= 4 is 23.1 Å². The molecular formula is C38H27BO2. The molecule has 0 aliphatic carbocycles. The third-order valence-electron chi connectivity index (χ3n) is 8.50. The average molecular weight is 526 g/mol. The van der Waals surface area contributed by atoms with Gasteiger partial charge in [0.15, 0.2) is 0 Å². The Morgan fingerprint density at radius 3 is 1.71 bits per heavy atom. The van der Waals surface area contributed by atoms with Gasteiger partial charge in [0, 0.05) is 5.46 Å². The molecule has 3 heteroatoms. The molecule has 0 atom stereocenters. The zero-order chi connectivity index (χ0) is 27.5. The van der Waals surface area contributed by atoms with Gasteiger partial charge in [0.2, 0.25) is 0 Å². The third-order valence-corrected chi connectivity index (χ3v) is 8.50. The van der Waals surface area contributed by atoms with Crippen LogP contribution in [0.15, 0.2) is 127 Å². The molecule has 8 rings (SSSR count). The lowest BCUT2D eigenvalue weighted by atomic mass is 9.34. The molecule has 41 heavy (non-hydrogen) atoms. The van der Waals surface area contributed by atoms with Crippen LogP contribution in [0.25, 0.3) is 33.4 Å². The quantitative estimate of drug-likeness (QED) is 0.217. The number of hydrogen-bond donors (Lipinski definition) is 0. The maximum Gasteiger partial charge on any atom is 0.260 e. The van der Waals surface area contributed by atoms with Gasteiger partial charge < -0.3 is 9.47 Å². The smallest absolute Gasteiger partial charge is 0.260 e. The summed E-state index contributed by atoms with van der Waals surface area (Å²) in [5.41, 5.74) is 12.9. The summed E-state index contributed by atoms with van der Waals surface area (Å²) in [5, 5.41) is 0. The molecule has 0 N–H and O–H groups in total. The molecule has 0 saturated heterocycles. The van der Waals surface area contributed by atoms with Gasteiger partial charge in [-0.25, -0.2) is 0 Å². The zero-order valence-corrected chi connectivity index (χ0v) is 23.0. The van der Waals surface area contributed by atoms with Gasteiger partial charge in [-0.05, 0) is 93.5 Å². The number of fused-ring (bicyclic) bond motifs is 4. The molecule has 0 bridgehead atoms. The van der Waals surface area contributed by atoms with Gasteiger partial charge in [0.25, 0.3) is 6.71 Å². The van der Waals surface area contributed by atoms with Crippen molar-refractivity contribution in [3.05, 3.63) is 139 Å². The molecule has 2 aliphatic heterocycles. The first-order valence-electron chi connectivity index (χ1n) is 14.1. The SMILES string of the molecule is Cc1ccccc1-c1cc2c3c(c1)Oc1ccc(-c4ccccc4C)cc1B3c1ccc(-c3ccccc3)cc1O2. The lowest BCUT2D eigenvalue weighted by Crippen LogP contribution is -2.57. The van der Waals surface area contributed by atoms with Crippen LogP contribution in [0.1, 0.15) is 11.1 Å². The molecule has 6 aromatic rings. The van der Waals surface area contributed by atoms with E-state index in [0.29, 0.717) is 0 Å². The van der Waals surface area contributed by atoms with E-state index >= 15 is 0 Å². The van der Waals surface area contributed by atoms with E-state index in [4.69, 9.17) is 9.47 Å². The molecule has 0 radical (unpaired) electrons. The highest BCUT2D eigenvalue weighted by Gasteiger charge is 2.40. The van der Waals surface area contributed by atoms with E-state index in [2.05, 4.69) is 135 Å². The lowest BCUT2D eigenvalue weighted by molar-refractivity contribution is 0.465. The molecule has 0 fully saturated rings. The molecule has 0 aromatic heterocycles. The minimum absolute atomic E-state index is 0.00668. The van der Waals surface area contributed by atoms with Crippen LogP contribution in [0.5, 0.6) is 23.0 Å². The Morgan fingerprint density at radius 1 is 0.415 bits per heavy atom. The Kier molecular flexibility index (Phi) is 5.40. The minimum Gasteiger partial charge on any atom is -0.458 e. The third kappa shape index (κ3) is 3.88. The predicted molar refractivity (Wildman–Crippen MR) is 170 cm³/mol. The Morgan fingerprint density at radius 2 is 1.00 bits per heavy atom. The maximum absolute atomic E-state index is 6.76. The summed E-state index contributed by atoms with van der Waals surface area (Å²) in [5.74, 6) is 3.51. The van der Waals surface area contributed by atoms with Crippen molar-refractivity contribution in [3.8, 4) is 56.4 Å². The van der Waals surface area contributed by atoms with Gasteiger partial charge in [-0.15, -0.1) is 0 Å². The second kappa shape index (κ2) is 9.28. The van der Waals surface area contributed by atoms with Crippen LogP contribution >= 0.6 is 0 Å². The molecule has 2 nitrogen and oxygen atoms in total. The van der Waals surface area contributed by atoms with Crippen LogP contribution in [0.4, 0.5) is 0 Å². The van der Waals surface area contributed by atoms with E-state index in [9.17, 15) is 0 Å². The van der Waals surface area contributed by atoms with Crippen molar-refractivity contribution in [1.29, 1.82) is 0 Å². The van der Waals surface area contributed by atoms with Crippen molar-refractivity contribution in [1.82, 2.24) is 0 Å². The van der Waals surface area contributed by atoms with Crippen LogP contribution in [0.2, 0.25) is 0 Å². The summed E-state index contributed by atoms with van der Waals surface area (Å²) < 4.78 is 13.4. The monoisotopic (exact) mass is 526 g/mol. The fourth-order valence-electron chi connectivity index (χ4n) is 6.42. The van der Waals surface area contributed by atoms with Gasteiger partial charge in [0.05, 0.1) is 0 Å². The highest BCUT2D eigenvalue weighted by molar-refractivity contribution is 6.98. The Balaban J connectivity index is 1.35. The molecule has 0 saturated carbocycles. The van der Waals surface area contributed by atoms with E-state index in [1.54, 1.807) is 0 Å². The summed E-state index contributed by atoms with van der Waals surface area (Å²) in [4.78, 5) is 0. The number of ether oxygens (including phenoxy) is 2. The van der Waals surface area contributed by atoms with Crippen LogP contribution in [-0.4, -0.2) is 6.71 Å². The molecule has 2 heterocycles. The van der Waals surface area contributed by atoms with Crippen LogP contribution in [0, 0.1) is 13.8 Å². The minimum atomic E-state index is 0.00668. The summed E-state index contributed by atoms with van der Waals surface area (Å²) in [6, 6.07) is 45.1. The maximum atomic E-state index is 6.76. The first kappa shape index (κ1) is 23.8. The highest BCUT2D eigenvalue weighted by atomic mass is 16.5. The summed E-state index contributed by atoms with van der Waals surface area (Å²) in [6.07, 6.45) is 0. The summed E-state index contributed by atoms with van der Waals surface area (Å²) in [7, 11) is 0. The zero-order valence-electron chi connectivity index (χ0n) is 23.0. The van der Waals surface area contributed by atoms with Crippen molar-refractivity contribution in [3.63, 3.8) is 0 Å². The molecule has 6 aromatic carbocycles. The first-order valence-corrected chi connectivity index (χ1v) is 14.1. The second-order valence-electron chi connectivity index (χ2n) is 11.0. The molecule has 0 spiro atoms.